The van der Waals surface area contributed by atoms with Gasteiger partial charge in [0, 0.05) is 11.8 Å². The summed E-state index contributed by atoms with van der Waals surface area (Å²) in [6, 6.07) is 0. The first-order valence-corrected chi connectivity index (χ1v) is 4.68. The van der Waals surface area contributed by atoms with Gasteiger partial charge in [-0.3, -0.25) is 0 Å². The van der Waals surface area contributed by atoms with Crippen LogP contribution in [0.1, 0.15) is 25.7 Å². The van der Waals surface area contributed by atoms with E-state index in [0.29, 0.717) is 11.8 Å². The van der Waals surface area contributed by atoms with Crippen LogP contribution < -0.4 is 0 Å². The highest BCUT2D eigenvalue weighted by atomic mass is 35.5. The van der Waals surface area contributed by atoms with Gasteiger partial charge in [-0.05, 0) is 25.7 Å². The van der Waals surface area contributed by atoms with Crippen molar-refractivity contribution in [3.8, 4) is 0 Å². The Kier molecular flexibility index (Phi) is 8.06. The molecule has 0 heterocycles. The van der Waals surface area contributed by atoms with E-state index >= 15 is 0 Å². The summed E-state index contributed by atoms with van der Waals surface area (Å²) >= 11 is 10.9. The van der Waals surface area contributed by atoms with E-state index in [1.54, 1.807) is 0 Å². The van der Waals surface area contributed by atoms with Crippen LogP contribution in [0.2, 0.25) is 0 Å². The zero-order chi connectivity index (χ0) is 7.82. The average Bonchev–Trinajstić information content (AvgIpc) is 1.97. The van der Waals surface area contributed by atoms with Crippen LogP contribution >= 0.6 is 23.2 Å². The minimum absolute atomic E-state index is 0.197. The summed E-state index contributed by atoms with van der Waals surface area (Å²) in [7, 11) is 0. The number of hydrogen-bond donors (Lipinski definition) is 1. The van der Waals surface area contributed by atoms with Gasteiger partial charge in [-0.2, -0.15) is 0 Å². The number of aliphatic hydroxyl groups is 1. The van der Waals surface area contributed by atoms with Crippen LogP contribution in [0.3, 0.4) is 0 Å². The van der Waals surface area contributed by atoms with E-state index in [4.69, 9.17) is 23.2 Å². The highest BCUT2D eigenvalue weighted by Crippen LogP contribution is 2.05. The summed E-state index contributed by atoms with van der Waals surface area (Å²) in [6.07, 6.45) is 3.20. The third-order valence-corrected chi connectivity index (χ3v) is 1.88. The average molecular weight is 185 g/mol. The van der Waals surface area contributed by atoms with Gasteiger partial charge in [0.15, 0.2) is 0 Å². The van der Waals surface area contributed by atoms with Crippen molar-refractivity contribution in [2.75, 3.05) is 11.8 Å². The lowest BCUT2D eigenvalue weighted by Gasteiger charge is -2.06. The molecular formula is C7H14Cl2O. The third kappa shape index (κ3) is 6.66. The largest absolute Gasteiger partial charge is 0.393 e. The quantitative estimate of drug-likeness (QED) is 0.630. The van der Waals surface area contributed by atoms with Gasteiger partial charge < -0.3 is 5.11 Å². The number of aliphatic hydroxyl groups excluding tert-OH is 1. The van der Waals surface area contributed by atoms with E-state index < -0.39 is 0 Å². The minimum atomic E-state index is -0.197. The molecule has 0 aliphatic rings. The van der Waals surface area contributed by atoms with Crippen LogP contribution in [0.15, 0.2) is 0 Å². The molecule has 0 aromatic carbocycles. The Morgan fingerprint density at radius 1 is 1.00 bits per heavy atom. The van der Waals surface area contributed by atoms with E-state index in [2.05, 4.69) is 0 Å². The van der Waals surface area contributed by atoms with Crippen molar-refractivity contribution in [1.29, 1.82) is 0 Å². The van der Waals surface area contributed by atoms with E-state index in [-0.39, 0.29) is 6.10 Å². The monoisotopic (exact) mass is 184 g/mol. The predicted octanol–water partition coefficient (Wildman–Crippen LogP) is 2.39. The molecule has 0 aliphatic carbocycles. The first kappa shape index (κ1) is 10.5. The van der Waals surface area contributed by atoms with Gasteiger partial charge in [0.25, 0.3) is 0 Å². The lowest BCUT2D eigenvalue weighted by molar-refractivity contribution is 0.153. The van der Waals surface area contributed by atoms with Crippen LogP contribution in [0.25, 0.3) is 0 Å². The fourth-order valence-corrected chi connectivity index (χ4v) is 1.08. The van der Waals surface area contributed by atoms with Crippen LogP contribution in [0.5, 0.6) is 0 Å². The lowest BCUT2D eigenvalue weighted by atomic mass is 10.1. The number of rotatable bonds is 6. The van der Waals surface area contributed by atoms with Gasteiger partial charge in [-0.1, -0.05) is 0 Å². The summed E-state index contributed by atoms with van der Waals surface area (Å²) in [5.41, 5.74) is 0. The molecular weight excluding hydrogens is 171 g/mol. The molecule has 0 aromatic heterocycles. The second-order valence-electron chi connectivity index (χ2n) is 2.32. The van der Waals surface area contributed by atoms with Crippen LogP contribution in [-0.2, 0) is 0 Å². The van der Waals surface area contributed by atoms with Crippen molar-refractivity contribution in [3.05, 3.63) is 0 Å². The molecule has 0 rings (SSSR count). The molecule has 10 heavy (non-hydrogen) atoms. The molecule has 0 unspecified atom stereocenters. The minimum Gasteiger partial charge on any atom is -0.393 e. The normalized spacial score (nSPS) is 10.8. The van der Waals surface area contributed by atoms with Gasteiger partial charge in [0.05, 0.1) is 6.10 Å². The maximum absolute atomic E-state index is 9.19. The second-order valence-corrected chi connectivity index (χ2v) is 3.07. The Bertz CT molecular complexity index is 60.6. The molecule has 1 nitrogen and oxygen atoms in total. The molecule has 62 valence electrons. The zero-order valence-corrected chi connectivity index (χ0v) is 7.53. The SMILES string of the molecule is OC(CCCCl)CCCCl. The van der Waals surface area contributed by atoms with Crippen molar-refractivity contribution in [1.82, 2.24) is 0 Å². The summed E-state index contributed by atoms with van der Waals surface area (Å²) in [4.78, 5) is 0. The van der Waals surface area contributed by atoms with Crippen molar-refractivity contribution in [2.24, 2.45) is 0 Å². The molecule has 1 N–H and O–H groups in total. The molecule has 3 heteroatoms. The summed E-state index contributed by atoms with van der Waals surface area (Å²) in [5.74, 6) is 1.27. The highest BCUT2D eigenvalue weighted by molar-refractivity contribution is 6.18. The van der Waals surface area contributed by atoms with Crippen LogP contribution in [0.4, 0.5) is 0 Å². The lowest BCUT2D eigenvalue weighted by Crippen LogP contribution is -2.06. The smallest absolute Gasteiger partial charge is 0.0541 e. The second kappa shape index (κ2) is 7.64. The standard InChI is InChI=1S/C7H14Cl2O/c8-5-1-3-7(10)4-2-6-9/h7,10H,1-6H2. The van der Waals surface area contributed by atoms with Gasteiger partial charge >= 0.3 is 0 Å². The van der Waals surface area contributed by atoms with Crippen LogP contribution in [0, 0.1) is 0 Å². The maximum Gasteiger partial charge on any atom is 0.0541 e. The fraction of sp³-hybridized carbons (Fsp3) is 1.00. The molecule has 0 fully saturated rings. The van der Waals surface area contributed by atoms with Crippen molar-refractivity contribution in [2.45, 2.75) is 31.8 Å². The maximum atomic E-state index is 9.19. The Labute approximate surface area is 72.3 Å². The Morgan fingerprint density at radius 3 is 1.70 bits per heavy atom. The third-order valence-electron chi connectivity index (χ3n) is 1.34. The molecule has 0 aliphatic heterocycles. The van der Waals surface area contributed by atoms with E-state index in [1.165, 1.54) is 0 Å². The van der Waals surface area contributed by atoms with E-state index in [1.807, 2.05) is 0 Å². The summed E-state index contributed by atoms with van der Waals surface area (Å²) < 4.78 is 0. The molecule has 0 saturated heterocycles. The first-order chi connectivity index (χ1) is 4.81. The van der Waals surface area contributed by atoms with Gasteiger partial charge in [-0.25, -0.2) is 0 Å². The molecule has 0 atom stereocenters. The molecule has 0 spiro atoms. The topological polar surface area (TPSA) is 20.2 Å². The van der Waals surface area contributed by atoms with Crippen molar-refractivity contribution < 1.29 is 5.11 Å². The molecule has 0 bridgehead atoms. The fourth-order valence-electron chi connectivity index (χ4n) is 0.770. The number of alkyl halides is 2. The summed E-state index contributed by atoms with van der Waals surface area (Å²) in [6.45, 7) is 0. The Hall–Kier alpha value is 0.540. The summed E-state index contributed by atoms with van der Waals surface area (Å²) in [5, 5.41) is 9.19. The number of halogens is 2. The Balaban J connectivity index is 3.00. The molecule has 0 amide bonds. The van der Waals surface area contributed by atoms with Crippen molar-refractivity contribution in [3.63, 3.8) is 0 Å². The van der Waals surface area contributed by atoms with Gasteiger partial charge in [0.1, 0.15) is 0 Å². The van der Waals surface area contributed by atoms with Crippen LogP contribution in [-0.4, -0.2) is 23.0 Å². The molecule has 0 aromatic rings. The van der Waals surface area contributed by atoms with E-state index in [0.717, 1.165) is 25.7 Å². The van der Waals surface area contributed by atoms with Gasteiger partial charge in [-0.15, -0.1) is 23.2 Å². The molecule has 0 radical (unpaired) electrons. The predicted molar refractivity (Wildman–Crippen MR) is 45.9 cm³/mol. The van der Waals surface area contributed by atoms with E-state index in [9.17, 15) is 5.11 Å². The Morgan fingerprint density at radius 2 is 1.40 bits per heavy atom. The van der Waals surface area contributed by atoms with Gasteiger partial charge in [0.2, 0.25) is 0 Å². The molecule has 0 saturated carbocycles. The zero-order valence-electron chi connectivity index (χ0n) is 6.02. The van der Waals surface area contributed by atoms with Crippen molar-refractivity contribution >= 4 is 23.2 Å². The number of hydrogen-bond acceptors (Lipinski definition) is 1. The highest BCUT2D eigenvalue weighted by Gasteiger charge is 2.01. The first-order valence-electron chi connectivity index (χ1n) is 3.61.